The summed E-state index contributed by atoms with van der Waals surface area (Å²) in [5, 5.41) is 3.18. The van der Waals surface area contributed by atoms with Crippen molar-refractivity contribution in [2.45, 2.75) is 65.8 Å². The Labute approximate surface area is 118 Å². The molecule has 0 aliphatic heterocycles. The monoisotopic (exact) mass is 263 g/mol. The summed E-state index contributed by atoms with van der Waals surface area (Å²) in [4.78, 5) is 11.7. The maximum Gasteiger partial charge on any atom is 0.146 e. The Morgan fingerprint density at radius 3 is 2.74 bits per heavy atom. The summed E-state index contributed by atoms with van der Waals surface area (Å²) in [5.41, 5.74) is 1.66. The van der Waals surface area contributed by atoms with Crippen LogP contribution >= 0.6 is 0 Å². The lowest BCUT2D eigenvalue weighted by molar-refractivity contribution is -0.118. The van der Waals surface area contributed by atoms with Crippen molar-refractivity contribution < 1.29 is 4.79 Å². The number of hydrogen-bond donors (Lipinski definition) is 1. The van der Waals surface area contributed by atoms with E-state index in [2.05, 4.69) is 51.2 Å². The zero-order valence-corrected chi connectivity index (χ0v) is 13.0. The van der Waals surface area contributed by atoms with Crippen LogP contribution < -0.4 is 5.32 Å². The Balaban J connectivity index is 2.31. The van der Waals surface area contributed by atoms with Crippen LogP contribution in [0.1, 0.15) is 59.8 Å². The third-order valence-corrected chi connectivity index (χ3v) is 3.75. The highest BCUT2D eigenvalue weighted by Gasteiger charge is 2.21. The number of ketones is 1. The number of hydrogen-bond acceptors (Lipinski definition) is 2. The van der Waals surface area contributed by atoms with Crippen molar-refractivity contribution in [1.29, 1.82) is 0 Å². The van der Waals surface area contributed by atoms with Gasteiger partial charge in [-0.2, -0.15) is 0 Å². The second kappa shape index (κ2) is 7.64. The molecule has 0 bridgehead atoms. The van der Waals surface area contributed by atoms with Crippen LogP contribution in [0.4, 0.5) is 0 Å². The Kier molecular flexibility index (Phi) is 6.50. The molecule has 1 rings (SSSR count). The number of nitrogens with one attached hydrogen (secondary N) is 1. The Bertz CT molecular complexity index is 354. The Morgan fingerprint density at radius 2 is 2.21 bits per heavy atom. The number of rotatable bonds is 8. The highest BCUT2D eigenvalue weighted by Crippen LogP contribution is 2.34. The Hall–Kier alpha value is -0.890. The molecule has 2 heteroatoms. The lowest BCUT2D eigenvalue weighted by Crippen LogP contribution is -2.29. The molecule has 0 amide bonds. The van der Waals surface area contributed by atoms with Crippen molar-refractivity contribution in [1.82, 2.24) is 5.32 Å². The molecule has 0 aromatic rings. The molecule has 0 fully saturated rings. The molecule has 0 saturated carbocycles. The first-order valence-electron chi connectivity index (χ1n) is 7.58. The first kappa shape index (κ1) is 16.2. The molecule has 1 unspecified atom stereocenters. The Morgan fingerprint density at radius 1 is 1.47 bits per heavy atom. The van der Waals surface area contributed by atoms with Crippen molar-refractivity contribution >= 4 is 5.78 Å². The first-order chi connectivity index (χ1) is 8.95. The van der Waals surface area contributed by atoms with E-state index < -0.39 is 0 Å². The van der Waals surface area contributed by atoms with Crippen molar-refractivity contribution in [2.24, 2.45) is 5.41 Å². The minimum Gasteiger partial charge on any atom is -0.308 e. The van der Waals surface area contributed by atoms with Gasteiger partial charge in [0.1, 0.15) is 5.78 Å². The normalized spacial score (nSPS) is 22.7. The highest BCUT2D eigenvalue weighted by molar-refractivity contribution is 5.80. The van der Waals surface area contributed by atoms with Crippen molar-refractivity contribution in [3.63, 3.8) is 0 Å². The van der Waals surface area contributed by atoms with E-state index in [4.69, 9.17) is 0 Å². The summed E-state index contributed by atoms with van der Waals surface area (Å²) >= 11 is 0. The third kappa shape index (κ3) is 6.20. The summed E-state index contributed by atoms with van der Waals surface area (Å²) < 4.78 is 0. The molecule has 0 aromatic heterocycles. The highest BCUT2D eigenvalue weighted by atomic mass is 16.1. The zero-order valence-electron chi connectivity index (χ0n) is 13.0. The molecule has 2 nitrogen and oxygen atoms in total. The molecule has 1 N–H and O–H groups in total. The van der Waals surface area contributed by atoms with E-state index in [9.17, 15) is 4.79 Å². The van der Waals surface area contributed by atoms with Crippen LogP contribution in [0, 0.1) is 5.41 Å². The number of allylic oxidation sites excluding steroid dienone is 4. The van der Waals surface area contributed by atoms with Crippen LogP contribution in [-0.4, -0.2) is 18.4 Å². The summed E-state index contributed by atoms with van der Waals surface area (Å²) in [7, 11) is 0. The predicted molar refractivity (Wildman–Crippen MR) is 82.2 cm³/mol. The minimum atomic E-state index is 0.310. The van der Waals surface area contributed by atoms with E-state index >= 15 is 0 Å². The van der Waals surface area contributed by atoms with E-state index in [1.165, 1.54) is 18.4 Å². The number of carbonyl (C=O) groups excluding carboxylic acids is 1. The van der Waals surface area contributed by atoms with Gasteiger partial charge in [-0.15, -0.1) is 0 Å². The van der Waals surface area contributed by atoms with Crippen LogP contribution in [0.5, 0.6) is 0 Å². The molecule has 0 saturated heterocycles. The van der Waals surface area contributed by atoms with Crippen molar-refractivity contribution in [3.8, 4) is 0 Å². The van der Waals surface area contributed by atoms with Gasteiger partial charge in [-0.25, -0.2) is 0 Å². The maximum atomic E-state index is 11.7. The smallest absolute Gasteiger partial charge is 0.146 e. The average Bonchev–Trinajstić information content (AvgIpc) is 2.36. The van der Waals surface area contributed by atoms with Gasteiger partial charge < -0.3 is 5.32 Å². The van der Waals surface area contributed by atoms with E-state index in [0.717, 1.165) is 12.8 Å². The van der Waals surface area contributed by atoms with Crippen LogP contribution in [0.15, 0.2) is 23.8 Å². The van der Waals surface area contributed by atoms with Crippen molar-refractivity contribution in [3.05, 3.63) is 23.8 Å². The second-order valence-corrected chi connectivity index (χ2v) is 6.29. The van der Waals surface area contributed by atoms with Gasteiger partial charge in [-0.3, -0.25) is 4.79 Å². The van der Waals surface area contributed by atoms with Gasteiger partial charge >= 0.3 is 0 Å². The molecule has 108 valence electrons. The molecular weight excluding hydrogens is 234 g/mol. The molecule has 0 heterocycles. The van der Waals surface area contributed by atoms with Gasteiger partial charge in [-0.1, -0.05) is 57.9 Å². The van der Waals surface area contributed by atoms with Crippen molar-refractivity contribution in [2.75, 3.05) is 6.54 Å². The van der Waals surface area contributed by atoms with Crippen LogP contribution in [-0.2, 0) is 4.79 Å². The number of carbonyl (C=O) groups is 1. The summed E-state index contributed by atoms with van der Waals surface area (Å²) in [6.45, 7) is 9.18. The van der Waals surface area contributed by atoms with Gasteiger partial charge in [0.15, 0.2) is 0 Å². The second-order valence-electron chi connectivity index (χ2n) is 6.29. The molecular formula is C17H29NO. The quantitative estimate of drug-likeness (QED) is 0.716. The van der Waals surface area contributed by atoms with Crippen LogP contribution in [0.25, 0.3) is 0 Å². The van der Waals surface area contributed by atoms with Gasteiger partial charge in [0.2, 0.25) is 0 Å². The van der Waals surface area contributed by atoms with Crippen LogP contribution in [0.2, 0.25) is 0 Å². The minimum absolute atomic E-state index is 0.310. The molecule has 0 aromatic carbocycles. The summed E-state index contributed by atoms with van der Waals surface area (Å²) in [6, 6.07) is 0.382. The predicted octanol–water partition coefficient (Wildman–Crippen LogP) is 4.03. The fraction of sp³-hybridized carbons (Fsp3) is 0.706. The van der Waals surface area contributed by atoms with Gasteiger partial charge in [0, 0.05) is 12.5 Å². The lowest BCUT2D eigenvalue weighted by Gasteiger charge is -2.27. The summed E-state index contributed by atoms with van der Waals surface area (Å²) in [6.07, 6.45) is 12.0. The third-order valence-electron chi connectivity index (χ3n) is 3.75. The molecule has 0 spiro atoms. The largest absolute Gasteiger partial charge is 0.308 e. The molecule has 19 heavy (non-hydrogen) atoms. The fourth-order valence-electron chi connectivity index (χ4n) is 2.44. The topological polar surface area (TPSA) is 29.1 Å². The molecule has 1 aliphatic carbocycles. The van der Waals surface area contributed by atoms with Gasteiger partial charge in [0.25, 0.3) is 0 Å². The zero-order chi connectivity index (χ0) is 14.3. The van der Waals surface area contributed by atoms with Gasteiger partial charge in [-0.05, 0) is 24.7 Å². The maximum absolute atomic E-state index is 11.7. The molecule has 0 radical (unpaired) electrons. The van der Waals surface area contributed by atoms with E-state index in [-0.39, 0.29) is 0 Å². The molecule has 1 atom stereocenters. The van der Waals surface area contributed by atoms with E-state index in [1.807, 2.05) is 0 Å². The average molecular weight is 263 g/mol. The van der Waals surface area contributed by atoms with E-state index in [0.29, 0.717) is 30.2 Å². The standard InChI is InChI=1S/C17H29NO/c1-5-10-17(4)11-8-15(9-12-17)6-7-16(19)13-18-14(2)3/h8-9,11,14,18H,5-7,10,12-13H2,1-4H3. The summed E-state index contributed by atoms with van der Waals surface area (Å²) in [5.74, 6) is 0.310. The van der Waals surface area contributed by atoms with Gasteiger partial charge in [0.05, 0.1) is 6.54 Å². The fourth-order valence-corrected chi connectivity index (χ4v) is 2.44. The van der Waals surface area contributed by atoms with Crippen LogP contribution in [0.3, 0.4) is 0 Å². The number of Topliss-reactive ketones (excluding diaryl/α,β-unsaturated/α-hetero) is 1. The van der Waals surface area contributed by atoms with E-state index in [1.54, 1.807) is 0 Å². The lowest BCUT2D eigenvalue weighted by atomic mass is 9.78. The molecule has 1 aliphatic rings. The first-order valence-corrected chi connectivity index (χ1v) is 7.58. The SMILES string of the molecule is CCCC1(C)C=CC(CCC(=O)CNC(C)C)=CC1.